The molecule has 118 valence electrons. The van der Waals surface area contributed by atoms with E-state index in [-0.39, 0.29) is 17.0 Å². The first-order valence-corrected chi connectivity index (χ1v) is 7.73. The van der Waals surface area contributed by atoms with Crippen LogP contribution >= 0.6 is 0 Å². The second kappa shape index (κ2) is 5.76. The summed E-state index contributed by atoms with van der Waals surface area (Å²) < 4.78 is 10.6. The number of aliphatic hydroxyl groups is 1. The van der Waals surface area contributed by atoms with Gasteiger partial charge in [0, 0.05) is 26.1 Å². The van der Waals surface area contributed by atoms with Crippen LogP contribution in [-0.4, -0.2) is 31.2 Å². The largest absolute Gasteiger partial charge is 0.512 e. The quantitative estimate of drug-likeness (QED) is 0.909. The van der Waals surface area contributed by atoms with E-state index >= 15 is 0 Å². The lowest BCUT2D eigenvalue weighted by molar-refractivity contribution is -0.118. The highest BCUT2D eigenvalue weighted by Gasteiger charge is 2.41. The molecule has 1 aromatic carbocycles. The molecule has 0 aromatic heterocycles. The second-order valence-corrected chi connectivity index (χ2v) is 6.39. The number of Topliss-reactive ketones (excluding diaryl/α,β-unsaturated/α-hetero) is 1. The molecule has 2 aliphatic rings. The van der Waals surface area contributed by atoms with Crippen molar-refractivity contribution in [2.75, 3.05) is 20.3 Å². The average molecular weight is 302 g/mol. The number of allylic oxidation sites excluding steroid dienone is 2. The Balaban J connectivity index is 1.96. The van der Waals surface area contributed by atoms with Gasteiger partial charge < -0.3 is 14.6 Å². The van der Waals surface area contributed by atoms with Crippen LogP contribution in [0.1, 0.15) is 36.8 Å². The molecule has 22 heavy (non-hydrogen) atoms. The summed E-state index contributed by atoms with van der Waals surface area (Å²) in [5.41, 5.74) is 2.13. The highest BCUT2D eigenvalue weighted by molar-refractivity contribution is 6.22. The van der Waals surface area contributed by atoms with Crippen LogP contribution < -0.4 is 4.74 Å². The molecule has 1 aromatic rings. The highest BCUT2D eigenvalue weighted by Crippen LogP contribution is 2.46. The number of aliphatic hydroxyl groups excluding tert-OH is 1. The average Bonchev–Trinajstić information content (AvgIpc) is 2.48. The molecule has 4 heteroatoms. The lowest BCUT2D eigenvalue weighted by atomic mass is 9.68. The van der Waals surface area contributed by atoms with Crippen LogP contribution in [0.2, 0.25) is 0 Å². The molecule has 1 heterocycles. The van der Waals surface area contributed by atoms with E-state index in [1.54, 1.807) is 7.11 Å². The smallest absolute Gasteiger partial charge is 0.167 e. The molecule has 1 aliphatic carbocycles. The normalized spacial score (nSPS) is 21.3. The summed E-state index contributed by atoms with van der Waals surface area (Å²) in [5, 5.41) is 10.5. The SMILES string of the molecule is COc1ccc(C2=C(O)CC3(CCOCC3)CC2=O)c(C)c1. The number of carbonyl (C=O) groups excluding carboxylic acids is 1. The third-order valence-electron chi connectivity index (χ3n) is 4.90. The van der Waals surface area contributed by atoms with Crippen LogP contribution in [0.4, 0.5) is 0 Å². The Kier molecular flexibility index (Phi) is 3.96. The van der Waals surface area contributed by atoms with Crippen molar-refractivity contribution in [3.8, 4) is 5.75 Å². The van der Waals surface area contributed by atoms with Crippen molar-refractivity contribution < 1.29 is 19.4 Å². The maximum atomic E-state index is 12.7. The number of hydrogen-bond acceptors (Lipinski definition) is 4. The van der Waals surface area contributed by atoms with Gasteiger partial charge in [0.1, 0.15) is 11.5 Å². The zero-order valence-electron chi connectivity index (χ0n) is 13.1. The molecule has 0 bridgehead atoms. The predicted octanol–water partition coefficient (Wildman–Crippen LogP) is 3.43. The Morgan fingerprint density at radius 2 is 1.95 bits per heavy atom. The molecule has 0 unspecified atom stereocenters. The van der Waals surface area contributed by atoms with E-state index < -0.39 is 0 Å². The van der Waals surface area contributed by atoms with Gasteiger partial charge >= 0.3 is 0 Å². The molecular weight excluding hydrogens is 280 g/mol. The van der Waals surface area contributed by atoms with Gasteiger partial charge in [-0.2, -0.15) is 0 Å². The highest BCUT2D eigenvalue weighted by atomic mass is 16.5. The summed E-state index contributed by atoms with van der Waals surface area (Å²) in [6.07, 6.45) is 2.76. The van der Waals surface area contributed by atoms with Gasteiger partial charge in [-0.15, -0.1) is 0 Å². The molecule has 0 atom stereocenters. The van der Waals surface area contributed by atoms with Crippen LogP contribution in [0, 0.1) is 12.3 Å². The maximum Gasteiger partial charge on any atom is 0.167 e. The van der Waals surface area contributed by atoms with Gasteiger partial charge in [-0.3, -0.25) is 4.79 Å². The lowest BCUT2D eigenvalue weighted by Gasteiger charge is -2.39. The van der Waals surface area contributed by atoms with Crippen LogP contribution in [0.15, 0.2) is 24.0 Å². The fraction of sp³-hybridized carbons (Fsp3) is 0.500. The van der Waals surface area contributed by atoms with E-state index in [0.29, 0.717) is 31.6 Å². The molecule has 0 saturated carbocycles. The molecule has 0 amide bonds. The first-order chi connectivity index (χ1) is 10.5. The minimum Gasteiger partial charge on any atom is -0.512 e. The number of ether oxygens (including phenoxy) is 2. The number of hydrogen-bond donors (Lipinski definition) is 1. The van der Waals surface area contributed by atoms with Crippen molar-refractivity contribution in [2.45, 2.75) is 32.6 Å². The Morgan fingerprint density at radius 3 is 2.55 bits per heavy atom. The Bertz CT molecular complexity index is 624. The summed E-state index contributed by atoms with van der Waals surface area (Å²) in [6, 6.07) is 5.58. The first-order valence-electron chi connectivity index (χ1n) is 7.73. The Labute approximate surface area is 130 Å². The molecule has 1 fully saturated rings. The van der Waals surface area contributed by atoms with Crippen molar-refractivity contribution in [1.82, 2.24) is 0 Å². The van der Waals surface area contributed by atoms with Crippen LogP contribution in [-0.2, 0) is 9.53 Å². The molecule has 0 radical (unpaired) electrons. The van der Waals surface area contributed by atoms with Gasteiger partial charge in [0.05, 0.1) is 12.7 Å². The first kappa shape index (κ1) is 15.1. The maximum absolute atomic E-state index is 12.7. The standard InChI is InChI=1S/C18H22O4/c1-12-9-13(21-2)3-4-14(12)17-15(19)10-18(11-16(17)20)5-7-22-8-6-18/h3-4,9,19H,5-8,10-11H2,1-2H3. The number of carbonyl (C=O) groups is 1. The van der Waals surface area contributed by atoms with Gasteiger partial charge in [0.25, 0.3) is 0 Å². The number of benzene rings is 1. The Morgan fingerprint density at radius 1 is 1.23 bits per heavy atom. The molecule has 1 N–H and O–H groups in total. The molecule has 1 spiro atoms. The Hall–Kier alpha value is -1.81. The summed E-state index contributed by atoms with van der Waals surface area (Å²) in [6.45, 7) is 3.29. The zero-order valence-corrected chi connectivity index (χ0v) is 13.1. The van der Waals surface area contributed by atoms with Crippen molar-refractivity contribution in [1.29, 1.82) is 0 Å². The third-order valence-corrected chi connectivity index (χ3v) is 4.90. The molecule has 1 aliphatic heterocycles. The number of rotatable bonds is 2. The van der Waals surface area contributed by atoms with Crippen LogP contribution in [0.3, 0.4) is 0 Å². The van der Waals surface area contributed by atoms with E-state index in [2.05, 4.69) is 0 Å². The van der Waals surface area contributed by atoms with E-state index in [0.717, 1.165) is 29.7 Å². The number of methoxy groups -OCH3 is 1. The van der Waals surface area contributed by atoms with E-state index in [1.165, 1.54) is 0 Å². The van der Waals surface area contributed by atoms with Crippen molar-refractivity contribution in [3.63, 3.8) is 0 Å². The predicted molar refractivity (Wildman–Crippen MR) is 84.0 cm³/mol. The van der Waals surface area contributed by atoms with Gasteiger partial charge in [0.2, 0.25) is 0 Å². The van der Waals surface area contributed by atoms with E-state index in [9.17, 15) is 9.90 Å². The molecule has 3 rings (SSSR count). The monoisotopic (exact) mass is 302 g/mol. The third kappa shape index (κ3) is 2.63. The minimum absolute atomic E-state index is 0.0407. The topological polar surface area (TPSA) is 55.8 Å². The fourth-order valence-electron chi connectivity index (χ4n) is 3.60. The van der Waals surface area contributed by atoms with Crippen molar-refractivity contribution in [3.05, 3.63) is 35.1 Å². The van der Waals surface area contributed by atoms with Crippen LogP contribution in [0.5, 0.6) is 5.75 Å². The lowest BCUT2D eigenvalue weighted by Crippen LogP contribution is -2.36. The van der Waals surface area contributed by atoms with E-state index in [4.69, 9.17) is 9.47 Å². The van der Waals surface area contributed by atoms with Gasteiger partial charge in [-0.1, -0.05) is 6.07 Å². The van der Waals surface area contributed by atoms with Crippen molar-refractivity contribution >= 4 is 11.4 Å². The fourth-order valence-corrected chi connectivity index (χ4v) is 3.60. The van der Waals surface area contributed by atoms with Crippen molar-refractivity contribution in [2.24, 2.45) is 5.41 Å². The van der Waals surface area contributed by atoms with Gasteiger partial charge in [-0.05, 0) is 48.4 Å². The number of aryl methyl sites for hydroxylation is 1. The summed E-state index contributed by atoms with van der Waals surface area (Å²) in [7, 11) is 1.62. The number of ketones is 1. The molecular formula is C18H22O4. The van der Waals surface area contributed by atoms with Gasteiger partial charge in [0.15, 0.2) is 5.78 Å². The van der Waals surface area contributed by atoms with Crippen LogP contribution in [0.25, 0.3) is 5.57 Å². The molecule has 4 nitrogen and oxygen atoms in total. The molecule has 1 saturated heterocycles. The second-order valence-electron chi connectivity index (χ2n) is 6.39. The minimum atomic E-state index is -0.108. The summed E-state index contributed by atoms with van der Waals surface area (Å²) >= 11 is 0. The zero-order chi connectivity index (χ0) is 15.7. The summed E-state index contributed by atoms with van der Waals surface area (Å²) in [5.74, 6) is 1.02. The van der Waals surface area contributed by atoms with Gasteiger partial charge in [-0.25, -0.2) is 0 Å². The summed E-state index contributed by atoms with van der Waals surface area (Å²) in [4.78, 5) is 12.7. The van der Waals surface area contributed by atoms with E-state index in [1.807, 2.05) is 25.1 Å².